The van der Waals surface area contributed by atoms with Gasteiger partial charge >= 0.3 is 35.3 Å². The van der Waals surface area contributed by atoms with Crippen LogP contribution in [0.4, 0.5) is 0 Å². The quantitative estimate of drug-likeness (QED) is 0.668. The third kappa shape index (κ3) is 23.3. The number of halogens is 2. The summed E-state index contributed by atoms with van der Waals surface area (Å²) in [6, 6.07) is 0. The Hall–Kier alpha value is 0.748. The van der Waals surface area contributed by atoms with Crippen molar-refractivity contribution in [3.05, 3.63) is 24.8 Å². The number of allylic oxidation sites excluding steroid dienone is 2. The Morgan fingerprint density at radius 2 is 2.00 bits per heavy atom. The second-order valence-corrected chi connectivity index (χ2v) is 5.11. The van der Waals surface area contributed by atoms with E-state index in [9.17, 15) is 0 Å². The monoisotopic (exact) mass is 361 g/mol. The first kappa shape index (κ1) is 13.3. The maximum absolute atomic E-state index is 4.88. The Kier molecular flexibility index (Phi) is 16.6. The van der Waals surface area contributed by atoms with Crippen molar-refractivity contribution < 1.29 is 16.5 Å². The van der Waals surface area contributed by atoms with Crippen molar-refractivity contribution in [2.45, 2.75) is 19.8 Å². The second-order valence-electron chi connectivity index (χ2n) is 1.83. The van der Waals surface area contributed by atoms with Gasteiger partial charge in [-0.1, -0.05) is 11.6 Å². The summed E-state index contributed by atoms with van der Waals surface area (Å²) < 4.78 is 0. The summed E-state index contributed by atoms with van der Waals surface area (Å²) in [6.07, 6.45) is 4.06. The van der Waals surface area contributed by atoms with Gasteiger partial charge in [-0.2, -0.15) is 0 Å². The topological polar surface area (TPSA) is 0 Å². The van der Waals surface area contributed by atoms with Gasteiger partial charge in [0.25, 0.3) is 0 Å². The molecule has 0 unspecified atom stereocenters. The molecule has 0 heterocycles. The molecule has 0 aliphatic rings. The van der Waals surface area contributed by atoms with Crippen LogP contribution in [0.1, 0.15) is 19.8 Å². The van der Waals surface area contributed by atoms with Crippen molar-refractivity contribution in [1.29, 1.82) is 0 Å². The van der Waals surface area contributed by atoms with Crippen molar-refractivity contribution in [2.75, 3.05) is 0 Å². The third-order valence-corrected chi connectivity index (χ3v) is 0.775. The Morgan fingerprint density at radius 1 is 1.60 bits per heavy atom. The van der Waals surface area contributed by atoms with Crippen molar-refractivity contribution in [3.8, 4) is 0 Å². The molecule has 0 aromatic carbocycles. The zero-order valence-corrected chi connectivity index (χ0v) is 9.76. The molecule has 0 aliphatic heterocycles. The normalized spacial score (nSPS) is 7.90. The number of hydrogen-bond acceptors (Lipinski definition) is 0. The second kappa shape index (κ2) is 12.4. The fraction of sp³-hybridized carbons (Fsp3) is 0.429. The van der Waals surface area contributed by atoms with Gasteiger partial charge in [-0.3, -0.25) is 0 Å². The van der Waals surface area contributed by atoms with Gasteiger partial charge in [-0.15, -0.1) is 13.2 Å². The van der Waals surface area contributed by atoms with Gasteiger partial charge in [0.15, 0.2) is 0 Å². The Morgan fingerprint density at radius 3 is 2.10 bits per heavy atom. The number of rotatable bonds is 3. The average Bonchev–Trinajstić information content (AvgIpc) is 1.85. The Bertz CT molecular complexity index is 91.6. The fourth-order valence-electron chi connectivity index (χ4n) is 0.348. The third-order valence-electron chi connectivity index (χ3n) is 0.775. The van der Waals surface area contributed by atoms with E-state index in [1.807, 2.05) is 13.0 Å². The van der Waals surface area contributed by atoms with E-state index in [2.05, 4.69) is 13.2 Å². The molecule has 0 spiro atoms. The molecule has 0 fully saturated rings. The molecule has 10 heavy (non-hydrogen) atoms. The molecule has 0 aromatic heterocycles. The minimum absolute atomic E-state index is 0.472. The average molecular weight is 362 g/mol. The molecule has 0 aromatic rings. The van der Waals surface area contributed by atoms with Crippen LogP contribution in [0.2, 0.25) is 0 Å². The van der Waals surface area contributed by atoms with Gasteiger partial charge in [0.1, 0.15) is 0 Å². The van der Waals surface area contributed by atoms with Crippen molar-refractivity contribution in [3.63, 3.8) is 0 Å². The first-order valence-electron chi connectivity index (χ1n) is 2.76. The van der Waals surface area contributed by atoms with Crippen LogP contribution < -0.4 is 0 Å². The van der Waals surface area contributed by atoms with E-state index in [4.69, 9.17) is 18.8 Å². The summed E-state index contributed by atoms with van der Waals surface area (Å²) in [5.74, 6) is 0. The SMILES string of the molecule is C=CCCC(=C)C.[Cl][Pt][Cl]. The molecule has 64 valence electrons. The molecule has 0 radical (unpaired) electrons. The first-order valence-corrected chi connectivity index (χ1v) is 8.39. The molecule has 0 N–H and O–H groups in total. The molecule has 3 heteroatoms. The van der Waals surface area contributed by atoms with Crippen LogP contribution in [0, 0.1) is 0 Å². The van der Waals surface area contributed by atoms with Crippen LogP contribution >= 0.6 is 18.8 Å². The summed E-state index contributed by atoms with van der Waals surface area (Å²) in [5, 5.41) is 0. The van der Waals surface area contributed by atoms with Crippen molar-refractivity contribution >= 4 is 18.8 Å². The predicted octanol–water partition coefficient (Wildman–Crippen LogP) is 3.91. The van der Waals surface area contributed by atoms with Crippen molar-refractivity contribution in [2.24, 2.45) is 0 Å². The van der Waals surface area contributed by atoms with Gasteiger partial charge in [0.2, 0.25) is 0 Å². The zero-order valence-electron chi connectivity index (χ0n) is 5.98. The van der Waals surface area contributed by atoms with Gasteiger partial charge in [-0.05, 0) is 19.8 Å². The van der Waals surface area contributed by atoms with Gasteiger partial charge < -0.3 is 0 Å². The van der Waals surface area contributed by atoms with Crippen LogP contribution in [-0.2, 0) is 16.5 Å². The minimum atomic E-state index is -0.472. The van der Waals surface area contributed by atoms with E-state index >= 15 is 0 Å². The molecule has 0 rings (SSSR count). The molecular weight excluding hydrogens is 350 g/mol. The van der Waals surface area contributed by atoms with Crippen molar-refractivity contribution in [1.82, 2.24) is 0 Å². The molecular formula is C7H12Cl2Pt. The zero-order chi connectivity index (χ0) is 8.41. The van der Waals surface area contributed by atoms with E-state index in [-0.39, 0.29) is 0 Å². The molecule has 0 amide bonds. The van der Waals surface area contributed by atoms with Crippen LogP contribution in [0.5, 0.6) is 0 Å². The summed E-state index contributed by atoms with van der Waals surface area (Å²) in [6.45, 7) is 9.37. The fourth-order valence-corrected chi connectivity index (χ4v) is 0.348. The molecule has 0 aliphatic carbocycles. The predicted molar refractivity (Wildman–Crippen MR) is 46.0 cm³/mol. The van der Waals surface area contributed by atoms with E-state index in [1.54, 1.807) is 0 Å². The maximum atomic E-state index is 4.88. The summed E-state index contributed by atoms with van der Waals surface area (Å²) in [5.41, 5.74) is 1.24. The van der Waals surface area contributed by atoms with Gasteiger partial charge in [0, 0.05) is 0 Å². The molecule has 0 nitrogen and oxygen atoms in total. The molecule has 0 saturated heterocycles. The standard InChI is InChI=1S/C7H12.2ClH.Pt/c1-4-5-6-7(2)3;;;/h4H,1-2,5-6H2,3H3;2*1H;/q;;;+2/p-2. The van der Waals surface area contributed by atoms with Gasteiger partial charge in [0.05, 0.1) is 0 Å². The van der Waals surface area contributed by atoms with Crippen LogP contribution in [0.15, 0.2) is 24.8 Å². The molecule has 0 bridgehead atoms. The number of hydrogen-bond donors (Lipinski definition) is 0. The first-order chi connectivity index (χ1) is 4.68. The van der Waals surface area contributed by atoms with E-state index < -0.39 is 16.5 Å². The summed E-state index contributed by atoms with van der Waals surface area (Å²) in [7, 11) is 9.75. The molecule has 0 saturated carbocycles. The van der Waals surface area contributed by atoms with E-state index in [1.165, 1.54) is 5.57 Å². The Balaban J connectivity index is 0. The van der Waals surface area contributed by atoms with E-state index in [0.717, 1.165) is 12.8 Å². The van der Waals surface area contributed by atoms with Crippen LogP contribution in [-0.4, -0.2) is 0 Å². The van der Waals surface area contributed by atoms with Crippen LogP contribution in [0.25, 0.3) is 0 Å². The molecule has 0 atom stereocenters. The van der Waals surface area contributed by atoms with E-state index in [0.29, 0.717) is 0 Å². The van der Waals surface area contributed by atoms with Crippen LogP contribution in [0.3, 0.4) is 0 Å². The Labute approximate surface area is 79.7 Å². The summed E-state index contributed by atoms with van der Waals surface area (Å²) >= 11 is -0.472. The summed E-state index contributed by atoms with van der Waals surface area (Å²) in [4.78, 5) is 0. The van der Waals surface area contributed by atoms with Gasteiger partial charge in [-0.25, -0.2) is 0 Å².